The first-order valence-electron chi connectivity index (χ1n) is 3.05. The highest BCUT2D eigenvalue weighted by molar-refractivity contribution is 7.81. The molecule has 3 nitrogen and oxygen atoms in total. The Bertz CT molecular complexity index is 137. The number of hydrogen-bond acceptors (Lipinski definition) is 4. The summed E-state index contributed by atoms with van der Waals surface area (Å²) >= 11 is 4.04. The van der Waals surface area contributed by atoms with Crippen LogP contribution < -0.4 is 0 Å². The van der Waals surface area contributed by atoms with E-state index >= 15 is 0 Å². The van der Waals surface area contributed by atoms with Crippen LogP contribution in [0.25, 0.3) is 0 Å². The maximum absolute atomic E-state index is 9.22. The van der Waals surface area contributed by atoms with Crippen LogP contribution in [0.5, 0.6) is 0 Å². The molecule has 1 aliphatic rings. The quantitative estimate of drug-likeness (QED) is 0.458. The predicted octanol–water partition coefficient (Wildman–Crippen LogP) is -0.450. The lowest BCUT2D eigenvalue weighted by molar-refractivity contribution is -0.0282. The van der Waals surface area contributed by atoms with Crippen LogP contribution in [0.3, 0.4) is 0 Å². The molecule has 0 fully saturated rings. The topological polar surface area (TPSA) is 49.7 Å². The molecule has 1 rings (SSSR count). The third kappa shape index (κ3) is 1.45. The van der Waals surface area contributed by atoms with Crippen molar-refractivity contribution >= 4 is 12.6 Å². The van der Waals surface area contributed by atoms with Crippen LogP contribution in [0.15, 0.2) is 12.3 Å². The summed E-state index contributed by atoms with van der Waals surface area (Å²) in [5.41, 5.74) is 0. The van der Waals surface area contributed by atoms with Crippen molar-refractivity contribution < 1.29 is 14.9 Å². The Balaban J connectivity index is 2.56. The molecule has 10 heavy (non-hydrogen) atoms. The van der Waals surface area contributed by atoms with Gasteiger partial charge in [-0.2, -0.15) is 12.6 Å². The fourth-order valence-corrected chi connectivity index (χ4v) is 1.05. The van der Waals surface area contributed by atoms with Gasteiger partial charge in [0.1, 0.15) is 12.2 Å². The first kappa shape index (κ1) is 7.91. The van der Waals surface area contributed by atoms with Gasteiger partial charge in [-0.25, -0.2) is 0 Å². The Kier molecular flexibility index (Phi) is 2.59. The number of aliphatic hydroxyl groups excluding tert-OH is 2. The molecule has 1 heterocycles. The lowest BCUT2D eigenvalue weighted by Gasteiger charge is -2.26. The van der Waals surface area contributed by atoms with Gasteiger partial charge in [-0.3, -0.25) is 0 Å². The number of thiol groups is 1. The average Bonchev–Trinajstić information content (AvgIpc) is 1.95. The first-order valence-corrected chi connectivity index (χ1v) is 3.56. The maximum Gasteiger partial charge on any atom is 0.148 e. The zero-order valence-electron chi connectivity index (χ0n) is 5.34. The monoisotopic (exact) mass is 162 g/mol. The molecule has 0 aromatic rings. The molecule has 0 spiro atoms. The Morgan fingerprint density at radius 1 is 1.60 bits per heavy atom. The molecule has 0 bridgehead atoms. The van der Waals surface area contributed by atoms with Gasteiger partial charge in [0.2, 0.25) is 0 Å². The van der Waals surface area contributed by atoms with E-state index in [2.05, 4.69) is 12.6 Å². The van der Waals surface area contributed by atoms with Crippen molar-refractivity contribution in [1.29, 1.82) is 0 Å². The molecule has 0 saturated heterocycles. The van der Waals surface area contributed by atoms with Gasteiger partial charge < -0.3 is 14.9 Å². The molecule has 0 aliphatic carbocycles. The highest BCUT2D eigenvalue weighted by Gasteiger charge is 2.26. The highest BCUT2D eigenvalue weighted by atomic mass is 32.1. The standard InChI is InChI=1S/C6H10O3S/c7-3-4-6(8)5(10)1-2-9-4/h1-2,4-8,10H,3H2/t4-,5-,6-/m1/s1. The Hall–Kier alpha value is -0.190. The molecule has 0 amide bonds. The van der Waals surface area contributed by atoms with Gasteiger partial charge in [-0.05, 0) is 6.08 Å². The normalized spacial score (nSPS) is 39.3. The number of ether oxygens (including phenoxy) is 1. The van der Waals surface area contributed by atoms with Crippen molar-refractivity contribution in [2.45, 2.75) is 17.5 Å². The van der Waals surface area contributed by atoms with Gasteiger partial charge in [0.15, 0.2) is 0 Å². The summed E-state index contributed by atoms with van der Waals surface area (Å²) in [5, 5.41) is 17.6. The van der Waals surface area contributed by atoms with Crippen LogP contribution in [0.1, 0.15) is 0 Å². The zero-order chi connectivity index (χ0) is 7.56. The molecule has 4 heteroatoms. The van der Waals surface area contributed by atoms with Crippen molar-refractivity contribution in [1.82, 2.24) is 0 Å². The molecule has 0 aromatic carbocycles. The van der Waals surface area contributed by atoms with Crippen molar-refractivity contribution in [3.8, 4) is 0 Å². The lowest BCUT2D eigenvalue weighted by atomic mass is 10.1. The minimum absolute atomic E-state index is 0.178. The molecule has 58 valence electrons. The zero-order valence-corrected chi connectivity index (χ0v) is 6.24. The van der Waals surface area contributed by atoms with Crippen molar-refractivity contribution in [3.05, 3.63) is 12.3 Å². The summed E-state index contributed by atoms with van der Waals surface area (Å²) in [7, 11) is 0. The molecule has 1 aliphatic heterocycles. The van der Waals surface area contributed by atoms with Crippen LogP contribution in [0, 0.1) is 0 Å². The SMILES string of the molecule is OC[C@H]1OC=C[C@@H](S)[C@@H]1O. The molecular formula is C6H10O3S. The van der Waals surface area contributed by atoms with E-state index in [-0.39, 0.29) is 11.9 Å². The molecule has 0 unspecified atom stereocenters. The Morgan fingerprint density at radius 3 is 2.80 bits per heavy atom. The largest absolute Gasteiger partial charge is 0.493 e. The predicted molar refractivity (Wildman–Crippen MR) is 39.9 cm³/mol. The molecule has 0 saturated carbocycles. The minimum atomic E-state index is -0.710. The van der Waals surface area contributed by atoms with Gasteiger partial charge in [0, 0.05) is 0 Å². The molecule has 2 N–H and O–H groups in total. The van der Waals surface area contributed by atoms with E-state index in [0.29, 0.717) is 0 Å². The lowest BCUT2D eigenvalue weighted by Crippen LogP contribution is -2.39. The molecule has 0 aromatic heterocycles. The van der Waals surface area contributed by atoms with Gasteiger partial charge >= 0.3 is 0 Å². The van der Waals surface area contributed by atoms with Crippen LogP contribution in [0.4, 0.5) is 0 Å². The van der Waals surface area contributed by atoms with Gasteiger partial charge in [0.25, 0.3) is 0 Å². The Labute approximate surface area is 64.7 Å². The summed E-state index contributed by atoms with van der Waals surface area (Å²) in [6.45, 7) is -0.178. The summed E-state index contributed by atoms with van der Waals surface area (Å²) in [6, 6.07) is 0. The summed E-state index contributed by atoms with van der Waals surface area (Å²) in [5.74, 6) is 0. The third-order valence-electron chi connectivity index (χ3n) is 1.44. The van der Waals surface area contributed by atoms with Crippen LogP contribution >= 0.6 is 12.6 Å². The molecular weight excluding hydrogens is 152 g/mol. The summed E-state index contributed by atoms with van der Waals surface area (Å²) in [4.78, 5) is 0. The second kappa shape index (κ2) is 3.27. The third-order valence-corrected chi connectivity index (χ3v) is 1.92. The highest BCUT2D eigenvalue weighted by Crippen LogP contribution is 2.15. The maximum atomic E-state index is 9.22. The van der Waals surface area contributed by atoms with Gasteiger partial charge in [-0.1, -0.05) is 0 Å². The fraction of sp³-hybridized carbons (Fsp3) is 0.667. The van der Waals surface area contributed by atoms with Gasteiger partial charge in [0.05, 0.1) is 18.1 Å². The Morgan fingerprint density at radius 2 is 2.30 bits per heavy atom. The van der Waals surface area contributed by atoms with E-state index in [1.807, 2.05) is 0 Å². The van der Waals surface area contributed by atoms with Crippen molar-refractivity contribution in [3.63, 3.8) is 0 Å². The van der Waals surface area contributed by atoms with E-state index in [0.717, 1.165) is 0 Å². The fourth-order valence-electron chi connectivity index (χ4n) is 0.792. The first-order chi connectivity index (χ1) is 4.75. The molecule has 3 atom stereocenters. The number of hydrogen-bond donors (Lipinski definition) is 3. The summed E-state index contributed by atoms with van der Waals surface area (Å²) in [6.07, 6.45) is 1.86. The number of aliphatic hydroxyl groups is 2. The average molecular weight is 162 g/mol. The minimum Gasteiger partial charge on any atom is -0.493 e. The van der Waals surface area contributed by atoms with Crippen LogP contribution in [-0.2, 0) is 4.74 Å². The summed E-state index contributed by atoms with van der Waals surface area (Å²) < 4.78 is 4.88. The molecule has 0 radical (unpaired) electrons. The van der Waals surface area contributed by atoms with Crippen molar-refractivity contribution in [2.24, 2.45) is 0 Å². The van der Waals surface area contributed by atoms with E-state index in [4.69, 9.17) is 9.84 Å². The van der Waals surface area contributed by atoms with Crippen LogP contribution in [-0.4, -0.2) is 34.3 Å². The van der Waals surface area contributed by atoms with E-state index in [1.54, 1.807) is 6.08 Å². The number of rotatable bonds is 1. The van der Waals surface area contributed by atoms with Gasteiger partial charge in [-0.15, -0.1) is 0 Å². The smallest absolute Gasteiger partial charge is 0.148 e. The van der Waals surface area contributed by atoms with E-state index < -0.39 is 12.2 Å². The van der Waals surface area contributed by atoms with Crippen LogP contribution in [0.2, 0.25) is 0 Å². The van der Waals surface area contributed by atoms with E-state index in [9.17, 15) is 5.11 Å². The van der Waals surface area contributed by atoms with Crippen molar-refractivity contribution in [2.75, 3.05) is 6.61 Å². The second-order valence-corrected chi connectivity index (χ2v) is 2.76. The second-order valence-electron chi connectivity index (χ2n) is 2.17. The van der Waals surface area contributed by atoms with E-state index in [1.165, 1.54) is 6.26 Å².